The number of anilines is 2. The number of thiazole rings is 2. The van der Waals surface area contributed by atoms with Crippen molar-refractivity contribution in [3.8, 4) is 5.75 Å². The number of hydrogen-bond donors (Lipinski definition) is 0. The van der Waals surface area contributed by atoms with Gasteiger partial charge in [0.25, 0.3) is 0 Å². The van der Waals surface area contributed by atoms with Gasteiger partial charge in [-0.25, -0.2) is 14.8 Å². The molecule has 0 N–H and O–H groups in total. The van der Waals surface area contributed by atoms with Crippen LogP contribution in [0.1, 0.15) is 39.8 Å². The minimum atomic E-state index is -0.480. The minimum Gasteiger partial charge on any atom is -0.487 e. The van der Waals surface area contributed by atoms with Gasteiger partial charge in [0, 0.05) is 17.7 Å². The molecule has 4 rings (SSSR count). The van der Waals surface area contributed by atoms with Crippen LogP contribution in [-0.2, 0) is 22.7 Å². The Hall–Kier alpha value is -3.56. The number of nitrogens with zero attached hydrogens (tertiary/aromatic N) is 3. The van der Waals surface area contributed by atoms with E-state index in [4.69, 9.17) is 9.47 Å². The van der Waals surface area contributed by atoms with Crippen LogP contribution in [0.5, 0.6) is 5.75 Å². The molecule has 2 aromatic carbocycles. The SMILES string of the molecule is CC(=O)N(c1nc(COC(=O)c2cccc(OCc3cscn3)c2)cs1)c1cccc(C)c1C. The van der Waals surface area contributed by atoms with Gasteiger partial charge in [-0.1, -0.05) is 18.2 Å². The topological polar surface area (TPSA) is 81.6 Å². The highest BCUT2D eigenvalue weighted by atomic mass is 32.1. The van der Waals surface area contributed by atoms with Crippen LogP contribution in [0.2, 0.25) is 0 Å². The van der Waals surface area contributed by atoms with Crippen LogP contribution >= 0.6 is 22.7 Å². The van der Waals surface area contributed by atoms with Crippen LogP contribution in [0.4, 0.5) is 10.8 Å². The second kappa shape index (κ2) is 10.6. The monoisotopic (exact) mass is 493 g/mol. The quantitative estimate of drug-likeness (QED) is 0.287. The molecule has 9 heteroatoms. The second-order valence-electron chi connectivity index (χ2n) is 7.57. The van der Waals surface area contributed by atoms with Gasteiger partial charge in [0.1, 0.15) is 19.0 Å². The van der Waals surface area contributed by atoms with Gasteiger partial charge in [0.05, 0.1) is 28.1 Å². The standard InChI is InChI=1S/C25H23N3O4S2/c1-16-6-4-9-23(17(16)2)28(18(3)29)25-27-21(14-34-25)12-32-24(30)19-7-5-8-22(10-19)31-11-20-13-33-15-26-20/h4-10,13-15H,11-12H2,1-3H3. The molecule has 0 fully saturated rings. The molecule has 0 aliphatic rings. The smallest absolute Gasteiger partial charge is 0.338 e. The number of rotatable bonds is 8. The summed E-state index contributed by atoms with van der Waals surface area (Å²) in [4.78, 5) is 35.3. The molecular weight excluding hydrogens is 470 g/mol. The van der Waals surface area contributed by atoms with E-state index in [-0.39, 0.29) is 12.5 Å². The molecule has 0 atom stereocenters. The molecule has 34 heavy (non-hydrogen) atoms. The highest BCUT2D eigenvalue weighted by molar-refractivity contribution is 7.14. The van der Waals surface area contributed by atoms with Crippen molar-refractivity contribution in [2.75, 3.05) is 4.90 Å². The summed E-state index contributed by atoms with van der Waals surface area (Å²) in [5, 5.41) is 4.23. The second-order valence-corrected chi connectivity index (χ2v) is 9.12. The molecule has 4 aromatic rings. The van der Waals surface area contributed by atoms with Gasteiger partial charge in [-0.2, -0.15) is 0 Å². The van der Waals surface area contributed by atoms with Crippen molar-refractivity contribution in [2.45, 2.75) is 34.0 Å². The molecule has 0 saturated carbocycles. The number of aromatic nitrogens is 2. The average Bonchev–Trinajstić information content (AvgIpc) is 3.51. The summed E-state index contributed by atoms with van der Waals surface area (Å²) in [7, 11) is 0. The molecule has 0 saturated heterocycles. The average molecular weight is 494 g/mol. The number of aryl methyl sites for hydroxylation is 1. The number of carbonyl (C=O) groups excluding carboxylic acids is 2. The van der Waals surface area contributed by atoms with Crippen molar-refractivity contribution in [1.29, 1.82) is 0 Å². The van der Waals surface area contributed by atoms with E-state index in [2.05, 4.69) is 9.97 Å². The normalized spacial score (nSPS) is 10.7. The first-order chi connectivity index (χ1) is 16.4. The van der Waals surface area contributed by atoms with E-state index in [1.807, 2.05) is 37.4 Å². The maximum atomic E-state index is 12.6. The summed E-state index contributed by atoms with van der Waals surface area (Å²) in [5.74, 6) is -0.0586. The fourth-order valence-corrected chi connectivity index (χ4v) is 4.66. The third-order valence-electron chi connectivity index (χ3n) is 5.15. The fraction of sp³-hybridized carbons (Fsp3) is 0.200. The van der Waals surface area contributed by atoms with Crippen LogP contribution in [-0.4, -0.2) is 21.8 Å². The number of esters is 1. The first kappa shape index (κ1) is 23.6. The number of ether oxygens (including phenoxy) is 2. The molecule has 7 nitrogen and oxygen atoms in total. The van der Waals surface area contributed by atoms with Crippen molar-refractivity contribution >= 4 is 45.4 Å². The third kappa shape index (κ3) is 5.49. The fourth-order valence-electron chi connectivity index (χ4n) is 3.25. The lowest BCUT2D eigenvalue weighted by Crippen LogP contribution is -2.23. The Balaban J connectivity index is 1.41. The Morgan fingerprint density at radius 2 is 1.85 bits per heavy atom. The van der Waals surface area contributed by atoms with Gasteiger partial charge < -0.3 is 9.47 Å². The zero-order chi connectivity index (χ0) is 24.1. The van der Waals surface area contributed by atoms with Gasteiger partial charge in [0.2, 0.25) is 5.91 Å². The van der Waals surface area contributed by atoms with Crippen LogP contribution in [0.15, 0.2) is 58.7 Å². The van der Waals surface area contributed by atoms with Crippen molar-refractivity contribution in [3.63, 3.8) is 0 Å². The minimum absolute atomic E-state index is 0.00220. The lowest BCUT2D eigenvalue weighted by Gasteiger charge is -2.21. The lowest BCUT2D eigenvalue weighted by atomic mass is 10.1. The zero-order valence-electron chi connectivity index (χ0n) is 19.0. The summed E-state index contributed by atoms with van der Waals surface area (Å²) in [6, 6.07) is 12.6. The van der Waals surface area contributed by atoms with Gasteiger partial charge in [-0.3, -0.25) is 9.69 Å². The Labute approximate surface area is 205 Å². The van der Waals surface area contributed by atoms with Crippen LogP contribution in [0.3, 0.4) is 0 Å². The summed E-state index contributed by atoms with van der Waals surface area (Å²) < 4.78 is 11.2. The van der Waals surface area contributed by atoms with E-state index in [1.54, 1.807) is 40.1 Å². The molecule has 0 unspecified atom stereocenters. The molecule has 0 radical (unpaired) electrons. The molecule has 1 amide bonds. The molecule has 2 aromatic heterocycles. The summed E-state index contributed by atoms with van der Waals surface area (Å²) >= 11 is 2.83. The first-order valence-corrected chi connectivity index (χ1v) is 12.3. The largest absolute Gasteiger partial charge is 0.487 e. The van der Waals surface area contributed by atoms with E-state index in [9.17, 15) is 9.59 Å². The highest BCUT2D eigenvalue weighted by Crippen LogP contribution is 2.32. The van der Waals surface area contributed by atoms with Gasteiger partial charge in [0.15, 0.2) is 5.13 Å². The molecule has 0 aliphatic heterocycles. The van der Waals surface area contributed by atoms with Crippen LogP contribution in [0.25, 0.3) is 0 Å². The molecule has 2 heterocycles. The number of carbonyl (C=O) groups is 2. The van der Waals surface area contributed by atoms with E-state index < -0.39 is 5.97 Å². The van der Waals surface area contributed by atoms with Crippen molar-refractivity contribution in [2.24, 2.45) is 0 Å². The Kier molecular flexibility index (Phi) is 7.34. The lowest BCUT2D eigenvalue weighted by molar-refractivity contribution is -0.115. The summed E-state index contributed by atoms with van der Waals surface area (Å²) in [6.07, 6.45) is 0. The number of amides is 1. The van der Waals surface area contributed by atoms with Crippen molar-refractivity contribution in [1.82, 2.24) is 9.97 Å². The maximum absolute atomic E-state index is 12.6. The number of hydrogen-bond acceptors (Lipinski definition) is 8. The summed E-state index contributed by atoms with van der Waals surface area (Å²) in [6.45, 7) is 5.81. The van der Waals surface area contributed by atoms with E-state index >= 15 is 0 Å². The van der Waals surface area contributed by atoms with Crippen LogP contribution < -0.4 is 9.64 Å². The molecule has 174 valence electrons. The van der Waals surface area contributed by atoms with E-state index in [0.717, 1.165) is 22.5 Å². The molecule has 0 bridgehead atoms. The molecular formula is C25H23N3O4S2. The third-order valence-corrected chi connectivity index (χ3v) is 6.66. The maximum Gasteiger partial charge on any atom is 0.338 e. The number of benzene rings is 2. The van der Waals surface area contributed by atoms with Crippen molar-refractivity contribution in [3.05, 3.63) is 86.8 Å². The summed E-state index contributed by atoms with van der Waals surface area (Å²) in [5.41, 5.74) is 6.42. The van der Waals surface area contributed by atoms with E-state index in [0.29, 0.717) is 28.7 Å². The highest BCUT2D eigenvalue weighted by Gasteiger charge is 2.20. The Morgan fingerprint density at radius 1 is 1.03 bits per heavy atom. The van der Waals surface area contributed by atoms with E-state index in [1.165, 1.54) is 29.6 Å². The molecule has 0 aliphatic carbocycles. The van der Waals surface area contributed by atoms with Gasteiger partial charge >= 0.3 is 5.97 Å². The predicted molar refractivity (Wildman–Crippen MR) is 133 cm³/mol. The molecule has 0 spiro atoms. The van der Waals surface area contributed by atoms with Crippen LogP contribution in [0, 0.1) is 13.8 Å². The predicted octanol–water partition coefficient (Wildman–Crippen LogP) is 5.84. The van der Waals surface area contributed by atoms with Gasteiger partial charge in [-0.05, 0) is 49.2 Å². The zero-order valence-corrected chi connectivity index (χ0v) is 20.6. The Bertz CT molecular complexity index is 1300. The van der Waals surface area contributed by atoms with Crippen molar-refractivity contribution < 1.29 is 19.1 Å². The Morgan fingerprint density at radius 3 is 2.62 bits per heavy atom. The first-order valence-electron chi connectivity index (χ1n) is 10.5. The van der Waals surface area contributed by atoms with Gasteiger partial charge in [-0.15, -0.1) is 22.7 Å².